The second-order valence-corrected chi connectivity index (χ2v) is 4.81. The summed E-state index contributed by atoms with van der Waals surface area (Å²) in [6, 6.07) is 3.89. The Morgan fingerprint density at radius 1 is 1.35 bits per heavy atom. The number of carboxylic acid groups (broad SMARTS) is 1. The highest BCUT2D eigenvalue weighted by molar-refractivity contribution is 7.10. The zero-order valence-electron chi connectivity index (χ0n) is 9.89. The highest BCUT2D eigenvalue weighted by Gasteiger charge is 2.35. The molecule has 8 heteroatoms. The Balaban J connectivity index is 2.35. The van der Waals surface area contributed by atoms with Crippen LogP contribution in [-0.2, 0) is 11.0 Å². The van der Waals surface area contributed by atoms with Crippen LogP contribution < -0.4 is 5.32 Å². The van der Waals surface area contributed by atoms with Crippen LogP contribution in [0.2, 0.25) is 0 Å². The molecule has 2 rings (SSSR count). The molecule has 0 saturated carbocycles. The van der Waals surface area contributed by atoms with Crippen molar-refractivity contribution in [2.75, 3.05) is 5.32 Å². The first kappa shape index (κ1) is 14.3. The summed E-state index contributed by atoms with van der Waals surface area (Å²) in [5.41, 5.74) is -0.997. The summed E-state index contributed by atoms with van der Waals surface area (Å²) in [5.74, 6) is -1.77. The van der Waals surface area contributed by atoms with Crippen molar-refractivity contribution in [3.63, 3.8) is 0 Å². The number of thiophene rings is 1. The lowest BCUT2D eigenvalue weighted by molar-refractivity contribution is -0.139. The lowest BCUT2D eigenvalue weighted by atomic mass is 10.2. The minimum Gasteiger partial charge on any atom is -0.479 e. The molecule has 1 unspecified atom stereocenters. The van der Waals surface area contributed by atoms with Gasteiger partial charge in [0.25, 0.3) is 0 Å². The number of carboxylic acids is 1. The standard InChI is InChI=1S/C12H9F3N2O2S/c13-12(14,15)7-3-1-5-16-10(7)17-9(11(18)19)8-4-2-6-20-8/h1-6,9H,(H,16,17)(H,18,19). The molecule has 0 amide bonds. The summed E-state index contributed by atoms with van der Waals surface area (Å²) in [4.78, 5) is 15.2. The van der Waals surface area contributed by atoms with Gasteiger partial charge in [0.1, 0.15) is 5.82 Å². The van der Waals surface area contributed by atoms with Gasteiger partial charge in [-0.25, -0.2) is 9.78 Å². The van der Waals surface area contributed by atoms with Crippen LogP contribution in [0.1, 0.15) is 16.5 Å². The molecule has 0 saturated heterocycles. The highest BCUT2D eigenvalue weighted by Crippen LogP contribution is 2.35. The van der Waals surface area contributed by atoms with Gasteiger partial charge in [0, 0.05) is 11.1 Å². The van der Waals surface area contributed by atoms with Gasteiger partial charge in [-0.1, -0.05) is 6.07 Å². The normalized spacial score (nSPS) is 12.9. The number of hydrogen-bond donors (Lipinski definition) is 2. The first-order chi connectivity index (χ1) is 9.39. The van der Waals surface area contributed by atoms with Crippen LogP contribution in [-0.4, -0.2) is 16.1 Å². The van der Waals surface area contributed by atoms with Crippen molar-refractivity contribution >= 4 is 23.1 Å². The fourth-order valence-electron chi connectivity index (χ4n) is 1.60. The van der Waals surface area contributed by atoms with Crippen LogP contribution in [0.25, 0.3) is 0 Å². The molecule has 106 valence electrons. The number of hydrogen-bond acceptors (Lipinski definition) is 4. The molecule has 0 aromatic carbocycles. The first-order valence-corrected chi connectivity index (χ1v) is 6.32. The number of aliphatic carboxylic acids is 1. The molecular formula is C12H9F3N2O2S. The van der Waals surface area contributed by atoms with Gasteiger partial charge in [-0.05, 0) is 23.6 Å². The van der Waals surface area contributed by atoms with E-state index in [-0.39, 0.29) is 0 Å². The van der Waals surface area contributed by atoms with E-state index in [2.05, 4.69) is 10.3 Å². The van der Waals surface area contributed by atoms with Crippen molar-refractivity contribution in [3.8, 4) is 0 Å². The number of nitrogens with zero attached hydrogens (tertiary/aromatic N) is 1. The summed E-state index contributed by atoms with van der Waals surface area (Å²) < 4.78 is 38.5. The Morgan fingerprint density at radius 3 is 2.65 bits per heavy atom. The Morgan fingerprint density at radius 2 is 2.10 bits per heavy atom. The first-order valence-electron chi connectivity index (χ1n) is 5.44. The van der Waals surface area contributed by atoms with E-state index in [1.165, 1.54) is 12.3 Å². The summed E-state index contributed by atoms with van der Waals surface area (Å²) in [6.45, 7) is 0. The Kier molecular flexibility index (Phi) is 3.93. The molecule has 2 N–H and O–H groups in total. The van der Waals surface area contributed by atoms with E-state index >= 15 is 0 Å². The smallest absolute Gasteiger partial charge is 0.419 e. The fraction of sp³-hybridized carbons (Fsp3) is 0.167. The van der Waals surface area contributed by atoms with E-state index < -0.39 is 29.6 Å². The maximum Gasteiger partial charge on any atom is 0.419 e. The molecule has 2 aromatic heterocycles. The molecule has 1 atom stereocenters. The van der Waals surface area contributed by atoms with E-state index in [9.17, 15) is 18.0 Å². The van der Waals surface area contributed by atoms with Crippen LogP contribution in [0.4, 0.5) is 19.0 Å². The number of rotatable bonds is 4. The number of anilines is 1. The van der Waals surface area contributed by atoms with Crippen LogP contribution in [0, 0.1) is 0 Å². The second kappa shape index (κ2) is 5.49. The molecule has 4 nitrogen and oxygen atoms in total. The van der Waals surface area contributed by atoms with Crippen LogP contribution in [0.3, 0.4) is 0 Å². The Hall–Kier alpha value is -2.09. The summed E-state index contributed by atoms with van der Waals surface area (Å²) >= 11 is 1.14. The van der Waals surface area contributed by atoms with E-state index in [0.29, 0.717) is 4.88 Å². The van der Waals surface area contributed by atoms with Gasteiger partial charge in [0.2, 0.25) is 0 Å². The fourth-order valence-corrected chi connectivity index (χ4v) is 2.36. The third kappa shape index (κ3) is 3.08. The average Bonchev–Trinajstić information content (AvgIpc) is 2.88. The van der Waals surface area contributed by atoms with Crippen molar-refractivity contribution < 1.29 is 23.1 Å². The molecule has 0 aliphatic heterocycles. The van der Waals surface area contributed by atoms with E-state index in [4.69, 9.17) is 5.11 Å². The molecule has 0 radical (unpaired) electrons. The van der Waals surface area contributed by atoms with Crippen LogP contribution in [0.15, 0.2) is 35.8 Å². The molecule has 0 bridgehead atoms. The lowest BCUT2D eigenvalue weighted by Crippen LogP contribution is -2.22. The number of halogens is 3. The van der Waals surface area contributed by atoms with Gasteiger partial charge in [0.05, 0.1) is 5.56 Å². The van der Waals surface area contributed by atoms with Gasteiger partial charge in [0.15, 0.2) is 6.04 Å². The summed E-state index contributed by atoms with van der Waals surface area (Å²) in [6.07, 6.45) is -3.43. The van der Waals surface area contributed by atoms with Crippen molar-refractivity contribution in [2.45, 2.75) is 12.2 Å². The average molecular weight is 302 g/mol. The van der Waals surface area contributed by atoms with Gasteiger partial charge < -0.3 is 10.4 Å². The Bertz CT molecular complexity index is 599. The zero-order chi connectivity index (χ0) is 14.8. The van der Waals surface area contributed by atoms with Crippen molar-refractivity contribution in [1.82, 2.24) is 4.98 Å². The van der Waals surface area contributed by atoms with Gasteiger partial charge in [-0.2, -0.15) is 13.2 Å². The molecule has 0 spiro atoms. The van der Waals surface area contributed by atoms with E-state index in [0.717, 1.165) is 23.5 Å². The molecule has 0 fully saturated rings. The third-order valence-electron chi connectivity index (χ3n) is 2.47. The quantitative estimate of drug-likeness (QED) is 0.908. The molecule has 20 heavy (non-hydrogen) atoms. The molecule has 0 aliphatic rings. The summed E-state index contributed by atoms with van der Waals surface area (Å²) in [5, 5.41) is 13.1. The number of alkyl halides is 3. The van der Waals surface area contributed by atoms with Crippen molar-refractivity contribution in [1.29, 1.82) is 0 Å². The molecule has 2 heterocycles. The highest BCUT2D eigenvalue weighted by atomic mass is 32.1. The topological polar surface area (TPSA) is 62.2 Å². The Labute approximate surface area is 115 Å². The monoisotopic (exact) mass is 302 g/mol. The van der Waals surface area contributed by atoms with Gasteiger partial charge in [-0.15, -0.1) is 11.3 Å². The van der Waals surface area contributed by atoms with Crippen LogP contribution in [0.5, 0.6) is 0 Å². The van der Waals surface area contributed by atoms with Crippen LogP contribution >= 0.6 is 11.3 Å². The molecule has 0 aliphatic carbocycles. The largest absolute Gasteiger partial charge is 0.479 e. The van der Waals surface area contributed by atoms with Crippen molar-refractivity contribution in [3.05, 3.63) is 46.3 Å². The van der Waals surface area contributed by atoms with Gasteiger partial charge >= 0.3 is 12.1 Å². The lowest BCUT2D eigenvalue weighted by Gasteiger charge is -2.17. The predicted molar refractivity (Wildman–Crippen MR) is 67.6 cm³/mol. The zero-order valence-corrected chi connectivity index (χ0v) is 10.7. The number of pyridine rings is 1. The second-order valence-electron chi connectivity index (χ2n) is 3.83. The number of nitrogens with one attached hydrogen (secondary N) is 1. The molecule has 2 aromatic rings. The van der Waals surface area contributed by atoms with E-state index in [1.54, 1.807) is 11.4 Å². The SMILES string of the molecule is O=C(O)C(Nc1ncccc1C(F)(F)F)c1cccs1. The minimum absolute atomic E-state index is 0.399. The predicted octanol–water partition coefficient (Wildman–Crippen LogP) is 3.40. The number of aromatic nitrogens is 1. The van der Waals surface area contributed by atoms with Crippen molar-refractivity contribution in [2.24, 2.45) is 0 Å². The van der Waals surface area contributed by atoms with E-state index in [1.807, 2.05) is 0 Å². The maximum absolute atomic E-state index is 12.8. The number of carbonyl (C=O) groups is 1. The third-order valence-corrected chi connectivity index (χ3v) is 3.41. The minimum atomic E-state index is -4.60. The van der Waals surface area contributed by atoms with Gasteiger partial charge in [-0.3, -0.25) is 0 Å². The maximum atomic E-state index is 12.8. The molecular weight excluding hydrogens is 293 g/mol. The summed E-state index contributed by atoms with van der Waals surface area (Å²) in [7, 11) is 0.